The molecule has 2 N–H and O–H groups in total. The number of esters is 1. The molecular formula is C20H31NO5. The molecule has 0 saturated carbocycles. The zero-order valence-electron chi connectivity index (χ0n) is 16.5. The predicted octanol–water partition coefficient (Wildman–Crippen LogP) is 3.42. The lowest BCUT2D eigenvalue weighted by Crippen LogP contribution is -2.64. The molecule has 0 aliphatic carbocycles. The summed E-state index contributed by atoms with van der Waals surface area (Å²) in [6, 6.07) is 9.22. The summed E-state index contributed by atoms with van der Waals surface area (Å²) in [4.78, 5) is 25.2. The fourth-order valence-corrected chi connectivity index (χ4v) is 2.57. The van der Waals surface area contributed by atoms with Crippen LogP contribution in [-0.2, 0) is 20.9 Å². The molecule has 146 valence electrons. The summed E-state index contributed by atoms with van der Waals surface area (Å²) >= 11 is 0. The Morgan fingerprint density at radius 1 is 1.15 bits per heavy atom. The van der Waals surface area contributed by atoms with E-state index in [1.807, 2.05) is 30.3 Å². The number of rotatable bonds is 7. The van der Waals surface area contributed by atoms with E-state index < -0.39 is 29.3 Å². The van der Waals surface area contributed by atoms with Crippen molar-refractivity contribution >= 4 is 12.1 Å². The number of ether oxygens (including phenoxy) is 2. The van der Waals surface area contributed by atoms with Crippen LogP contribution in [0.4, 0.5) is 4.79 Å². The van der Waals surface area contributed by atoms with E-state index in [1.54, 1.807) is 41.5 Å². The normalized spacial score (nSPS) is 15.1. The molecule has 1 amide bonds. The smallest absolute Gasteiger partial charge is 0.408 e. The Morgan fingerprint density at radius 2 is 1.73 bits per heavy atom. The maximum Gasteiger partial charge on any atom is 0.408 e. The molecule has 1 aromatic rings. The fourth-order valence-electron chi connectivity index (χ4n) is 2.57. The van der Waals surface area contributed by atoms with Gasteiger partial charge in [-0.1, -0.05) is 51.1 Å². The van der Waals surface area contributed by atoms with Gasteiger partial charge < -0.3 is 19.9 Å². The molecule has 0 fully saturated rings. The fraction of sp³-hybridized carbons (Fsp3) is 0.600. The van der Waals surface area contributed by atoms with Crippen molar-refractivity contribution in [3.05, 3.63) is 35.9 Å². The SMILES string of the molecule is CC[C@](NC(=O)OCc1ccccc1)(C(=O)OC(C)(C)C)[C@@H](O)C(C)C. The van der Waals surface area contributed by atoms with Crippen LogP contribution < -0.4 is 5.32 Å². The molecule has 0 aliphatic heterocycles. The van der Waals surface area contributed by atoms with E-state index in [4.69, 9.17) is 9.47 Å². The first kappa shape index (κ1) is 22.0. The third-order valence-corrected chi connectivity index (χ3v) is 4.00. The van der Waals surface area contributed by atoms with E-state index in [9.17, 15) is 14.7 Å². The van der Waals surface area contributed by atoms with Crippen LogP contribution in [0.1, 0.15) is 53.5 Å². The minimum Gasteiger partial charge on any atom is -0.458 e. The van der Waals surface area contributed by atoms with Crippen molar-refractivity contribution in [2.24, 2.45) is 5.92 Å². The third-order valence-electron chi connectivity index (χ3n) is 4.00. The van der Waals surface area contributed by atoms with Crippen molar-refractivity contribution in [2.45, 2.75) is 71.8 Å². The number of aliphatic hydroxyl groups is 1. The zero-order chi connectivity index (χ0) is 20.0. The van der Waals surface area contributed by atoms with Gasteiger partial charge in [0.25, 0.3) is 0 Å². The summed E-state index contributed by atoms with van der Waals surface area (Å²) in [5.41, 5.74) is -1.49. The van der Waals surface area contributed by atoms with Gasteiger partial charge in [0, 0.05) is 0 Å². The van der Waals surface area contributed by atoms with Gasteiger partial charge in [-0.15, -0.1) is 0 Å². The Labute approximate surface area is 155 Å². The van der Waals surface area contributed by atoms with Gasteiger partial charge in [0.05, 0.1) is 6.10 Å². The zero-order valence-corrected chi connectivity index (χ0v) is 16.5. The van der Waals surface area contributed by atoms with Gasteiger partial charge in [0.1, 0.15) is 12.2 Å². The first-order valence-electron chi connectivity index (χ1n) is 8.92. The van der Waals surface area contributed by atoms with E-state index in [0.717, 1.165) is 5.56 Å². The first-order chi connectivity index (χ1) is 12.0. The summed E-state index contributed by atoms with van der Waals surface area (Å²) in [5, 5.41) is 13.2. The molecule has 1 aromatic carbocycles. The van der Waals surface area contributed by atoms with Gasteiger partial charge in [-0.25, -0.2) is 9.59 Å². The van der Waals surface area contributed by atoms with Gasteiger partial charge in [-0.3, -0.25) is 0 Å². The number of carbonyl (C=O) groups excluding carboxylic acids is 2. The molecule has 6 heteroatoms. The Kier molecular flexibility index (Phi) is 7.63. The van der Waals surface area contributed by atoms with E-state index in [1.165, 1.54) is 0 Å². The van der Waals surface area contributed by atoms with E-state index in [-0.39, 0.29) is 18.9 Å². The average molecular weight is 365 g/mol. The van der Waals surface area contributed by atoms with Gasteiger partial charge in [-0.2, -0.15) is 0 Å². The van der Waals surface area contributed by atoms with Crippen molar-refractivity contribution in [3.8, 4) is 0 Å². The lowest BCUT2D eigenvalue weighted by molar-refractivity contribution is -0.170. The van der Waals surface area contributed by atoms with Crippen LogP contribution in [0.3, 0.4) is 0 Å². The van der Waals surface area contributed by atoms with Crippen LogP contribution in [0, 0.1) is 5.92 Å². The van der Waals surface area contributed by atoms with Gasteiger partial charge in [-0.05, 0) is 38.7 Å². The number of carbonyl (C=O) groups is 2. The van der Waals surface area contributed by atoms with Crippen LogP contribution in [0.25, 0.3) is 0 Å². The van der Waals surface area contributed by atoms with E-state index in [2.05, 4.69) is 5.32 Å². The second-order valence-corrected chi connectivity index (χ2v) is 7.70. The molecule has 0 bridgehead atoms. The number of amides is 1. The van der Waals surface area contributed by atoms with Crippen LogP contribution >= 0.6 is 0 Å². The second kappa shape index (κ2) is 9.03. The van der Waals surface area contributed by atoms with Gasteiger partial charge >= 0.3 is 12.1 Å². The highest BCUT2D eigenvalue weighted by molar-refractivity contribution is 5.87. The molecule has 0 aromatic heterocycles. The average Bonchev–Trinajstić information content (AvgIpc) is 2.56. The largest absolute Gasteiger partial charge is 0.458 e. The molecule has 0 spiro atoms. The number of benzene rings is 1. The molecule has 26 heavy (non-hydrogen) atoms. The minimum absolute atomic E-state index is 0.0680. The Morgan fingerprint density at radius 3 is 2.19 bits per heavy atom. The maximum absolute atomic E-state index is 12.8. The van der Waals surface area contributed by atoms with Crippen molar-refractivity contribution < 1.29 is 24.2 Å². The van der Waals surface area contributed by atoms with E-state index in [0.29, 0.717) is 0 Å². The molecule has 1 rings (SSSR count). The highest BCUT2D eigenvalue weighted by Crippen LogP contribution is 2.26. The lowest BCUT2D eigenvalue weighted by atomic mass is 9.83. The van der Waals surface area contributed by atoms with Crippen molar-refractivity contribution in [1.82, 2.24) is 5.32 Å². The first-order valence-corrected chi connectivity index (χ1v) is 8.92. The number of nitrogens with one attached hydrogen (secondary N) is 1. The van der Waals surface area contributed by atoms with Crippen molar-refractivity contribution in [3.63, 3.8) is 0 Å². The highest BCUT2D eigenvalue weighted by atomic mass is 16.6. The molecule has 6 nitrogen and oxygen atoms in total. The van der Waals surface area contributed by atoms with Crippen LogP contribution in [-0.4, -0.2) is 34.4 Å². The predicted molar refractivity (Wildman–Crippen MR) is 99.5 cm³/mol. The van der Waals surface area contributed by atoms with Crippen LogP contribution in [0.15, 0.2) is 30.3 Å². The van der Waals surface area contributed by atoms with Gasteiger partial charge in [0.2, 0.25) is 0 Å². The second-order valence-electron chi connectivity index (χ2n) is 7.70. The Balaban J connectivity index is 2.96. The number of hydrogen-bond donors (Lipinski definition) is 2. The molecular weight excluding hydrogens is 334 g/mol. The number of alkyl carbamates (subject to hydrolysis) is 1. The summed E-state index contributed by atoms with van der Waals surface area (Å²) in [7, 11) is 0. The van der Waals surface area contributed by atoms with E-state index >= 15 is 0 Å². The summed E-state index contributed by atoms with van der Waals surface area (Å²) in [5.74, 6) is -0.942. The quantitative estimate of drug-likeness (QED) is 0.723. The summed E-state index contributed by atoms with van der Waals surface area (Å²) in [6.45, 7) is 10.5. The summed E-state index contributed by atoms with van der Waals surface area (Å²) in [6.07, 6.45) is -1.73. The van der Waals surface area contributed by atoms with Crippen molar-refractivity contribution in [2.75, 3.05) is 0 Å². The number of aliphatic hydroxyl groups excluding tert-OH is 1. The lowest BCUT2D eigenvalue weighted by Gasteiger charge is -2.39. The van der Waals surface area contributed by atoms with Gasteiger partial charge in [0.15, 0.2) is 5.54 Å². The standard InChI is InChI=1S/C20H31NO5/c1-7-20(16(22)14(2)3,17(23)26-19(4,5)6)21-18(24)25-13-15-11-9-8-10-12-15/h8-12,14,16,22H,7,13H2,1-6H3,(H,21,24)/t16-,20+/m0/s1. The molecule has 0 radical (unpaired) electrons. The Bertz CT molecular complexity index is 594. The number of hydrogen-bond acceptors (Lipinski definition) is 5. The molecule has 0 saturated heterocycles. The minimum atomic E-state index is -1.57. The summed E-state index contributed by atoms with van der Waals surface area (Å²) < 4.78 is 10.7. The molecule has 2 atom stereocenters. The highest BCUT2D eigenvalue weighted by Gasteiger charge is 2.49. The maximum atomic E-state index is 12.8. The third kappa shape index (κ3) is 6.02. The van der Waals surface area contributed by atoms with Crippen molar-refractivity contribution in [1.29, 1.82) is 0 Å². The topological polar surface area (TPSA) is 84.9 Å². The van der Waals surface area contributed by atoms with Crippen LogP contribution in [0.2, 0.25) is 0 Å². The molecule has 0 unspecified atom stereocenters. The molecule has 0 heterocycles. The van der Waals surface area contributed by atoms with Crippen LogP contribution in [0.5, 0.6) is 0 Å². The molecule has 0 aliphatic rings. The Hall–Kier alpha value is -2.08. The monoisotopic (exact) mass is 365 g/mol.